The molecule has 0 bridgehead atoms. The minimum Gasteiger partial charge on any atom is -0.497 e. The largest absolute Gasteiger partial charge is 0.497 e. The normalized spacial score (nSPS) is 12.4. The van der Waals surface area contributed by atoms with Crippen LogP contribution < -0.4 is 4.74 Å². The summed E-state index contributed by atoms with van der Waals surface area (Å²) in [5, 5.41) is 18.7. The van der Waals surface area contributed by atoms with Crippen LogP contribution in [0.1, 0.15) is 24.5 Å². The molecule has 106 valence electrons. The van der Waals surface area contributed by atoms with Crippen molar-refractivity contribution in [3.8, 4) is 5.75 Å². The molecule has 0 fully saturated rings. The van der Waals surface area contributed by atoms with E-state index in [1.807, 2.05) is 30.1 Å². The molecule has 19 heavy (non-hydrogen) atoms. The fraction of sp³-hybridized carbons (Fsp3) is 0.500. The molecule has 1 atom stereocenters. The lowest BCUT2D eigenvalue weighted by atomic mass is 10.1. The fourth-order valence-corrected chi connectivity index (χ4v) is 1.84. The van der Waals surface area contributed by atoms with E-state index in [1.54, 1.807) is 13.2 Å². The third-order valence-corrected chi connectivity index (χ3v) is 2.89. The molecule has 0 saturated carbocycles. The molecule has 0 spiro atoms. The van der Waals surface area contributed by atoms with Crippen molar-refractivity contribution in [3.63, 3.8) is 0 Å². The van der Waals surface area contributed by atoms with Gasteiger partial charge in [-0.1, -0.05) is 12.1 Å². The minimum atomic E-state index is -0.790. The smallest absolute Gasteiger partial charge is 0.303 e. The van der Waals surface area contributed by atoms with Gasteiger partial charge >= 0.3 is 5.97 Å². The summed E-state index contributed by atoms with van der Waals surface area (Å²) >= 11 is 0. The lowest BCUT2D eigenvalue weighted by Gasteiger charge is -2.20. The number of carboxylic acid groups (broad SMARTS) is 1. The molecule has 2 N–H and O–H groups in total. The second-order valence-corrected chi connectivity index (χ2v) is 4.55. The van der Waals surface area contributed by atoms with Crippen LogP contribution in [0.4, 0.5) is 0 Å². The summed E-state index contributed by atoms with van der Waals surface area (Å²) in [7, 11) is 3.45. The zero-order chi connectivity index (χ0) is 14.3. The number of ether oxygens (including phenoxy) is 1. The topological polar surface area (TPSA) is 70.0 Å². The third kappa shape index (κ3) is 5.72. The first-order valence-corrected chi connectivity index (χ1v) is 6.25. The lowest BCUT2D eigenvalue weighted by Crippen LogP contribution is -2.26. The first kappa shape index (κ1) is 15.5. The van der Waals surface area contributed by atoms with Crippen molar-refractivity contribution in [1.29, 1.82) is 0 Å². The number of hydrogen-bond acceptors (Lipinski definition) is 4. The van der Waals surface area contributed by atoms with Crippen molar-refractivity contribution in [2.24, 2.45) is 0 Å². The predicted octanol–water partition coefficient (Wildman–Crippen LogP) is 1.53. The van der Waals surface area contributed by atoms with Crippen molar-refractivity contribution in [2.75, 3.05) is 27.2 Å². The van der Waals surface area contributed by atoms with Gasteiger partial charge in [0.15, 0.2) is 0 Å². The number of nitrogens with zero attached hydrogens (tertiary/aromatic N) is 1. The molecule has 5 heteroatoms. The van der Waals surface area contributed by atoms with E-state index in [2.05, 4.69) is 0 Å². The Labute approximate surface area is 113 Å². The van der Waals surface area contributed by atoms with E-state index < -0.39 is 12.1 Å². The van der Waals surface area contributed by atoms with E-state index in [9.17, 15) is 9.90 Å². The zero-order valence-corrected chi connectivity index (χ0v) is 11.4. The third-order valence-electron chi connectivity index (χ3n) is 2.89. The molecule has 0 aliphatic carbocycles. The number of carboxylic acids is 1. The van der Waals surface area contributed by atoms with Crippen LogP contribution >= 0.6 is 0 Å². The molecule has 0 amide bonds. The number of benzene rings is 1. The quantitative estimate of drug-likeness (QED) is 0.747. The van der Waals surface area contributed by atoms with Gasteiger partial charge in [0.05, 0.1) is 13.2 Å². The highest BCUT2D eigenvalue weighted by Crippen LogP contribution is 2.19. The molecule has 0 heterocycles. The van der Waals surface area contributed by atoms with E-state index in [4.69, 9.17) is 9.84 Å². The van der Waals surface area contributed by atoms with Gasteiger partial charge in [0.25, 0.3) is 0 Å². The number of hydrogen-bond donors (Lipinski definition) is 2. The van der Waals surface area contributed by atoms with Crippen molar-refractivity contribution in [3.05, 3.63) is 29.8 Å². The standard InChI is InChI=1S/C14H21NO4/c1-15(8-4-7-14(17)18)10-13(16)11-5-3-6-12(9-11)19-2/h3,5-6,9,13,16H,4,7-8,10H2,1-2H3,(H,17,18). The molecular formula is C14H21NO4. The lowest BCUT2D eigenvalue weighted by molar-refractivity contribution is -0.137. The van der Waals surface area contributed by atoms with Crippen molar-refractivity contribution in [1.82, 2.24) is 4.90 Å². The van der Waals surface area contributed by atoms with Crippen molar-refractivity contribution in [2.45, 2.75) is 18.9 Å². The Kier molecular flexibility index (Phi) is 6.32. The number of likely N-dealkylation sites (N-methyl/N-ethyl adjacent to an activating group) is 1. The van der Waals surface area contributed by atoms with Crippen LogP contribution in [0.3, 0.4) is 0 Å². The summed E-state index contributed by atoms with van der Waals surface area (Å²) < 4.78 is 5.11. The molecule has 0 aliphatic heterocycles. The molecular weight excluding hydrogens is 246 g/mol. The van der Waals surface area contributed by atoms with E-state index in [0.29, 0.717) is 25.3 Å². The molecule has 0 saturated heterocycles. The number of aliphatic hydroxyl groups excluding tert-OH is 1. The highest BCUT2D eigenvalue weighted by molar-refractivity contribution is 5.66. The van der Waals surface area contributed by atoms with Crippen LogP contribution in [-0.4, -0.2) is 48.3 Å². The Morgan fingerprint density at radius 1 is 1.47 bits per heavy atom. The number of carbonyl (C=O) groups is 1. The van der Waals surface area contributed by atoms with Crippen LogP contribution in [-0.2, 0) is 4.79 Å². The maximum absolute atomic E-state index is 10.4. The zero-order valence-electron chi connectivity index (χ0n) is 11.4. The summed E-state index contributed by atoms with van der Waals surface area (Å²) in [5.74, 6) is -0.0770. The van der Waals surface area contributed by atoms with Gasteiger partial charge in [0.1, 0.15) is 5.75 Å². The van der Waals surface area contributed by atoms with E-state index in [0.717, 1.165) is 5.56 Å². The van der Waals surface area contributed by atoms with Crippen molar-refractivity contribution >= 4 is 5.97 Å². The highest BCUT2D eigenvalue weighted by Gasteiger charge is 2.11. The number of rotatable bonds is 8. The average molecular weight is 267 g/mol. The van der Waals surface area contributed by atoms with Gasteiger partial charge in [0.2, 0.25) is 0 Å². The Bertz CT molecular complexity index is 408. The summed E-state index contributed by atoms with van der Waals surface area (Å²) in [5.41, 5.74) is 0.796. The van der Waals surface area contributed by atoms with Gasteiger partial charge in [-0.25, -0.2) is 0 Å². The van der Waals surface area contributed by atoms with E-state index >= 15 is 0 Å². The Hall–Kier alpha value is -1.59. The van der Waals surface area contributed by atoms with E-state index in [-0.39, 0.29) is 6.42 Å². The molecule has 1 aromatic carbocycles. The second-order valence-electron chi connectivity index (χ2n) is 4.55. The molecule has 1 unspecified atom stereocenters. The SMILES string of the molecule is COc1cccc(C(O)CN(C)CCCC(=O)O)c1. The summed E-state index contributed by atoms with van der Waals surface area (Å²) in [6, 6.07) is 7.31. The fourth-order valence-electron chi connectivity index (χ4n) is 1.84. The van der Waals surface area contributed by atoms with Crippen molar-refractivity contribution < 1.29 is 19.7 Å². The molecule has 1 aromatic rings. The van der Waals surface area contributed by atoms with Gasteiger partial charge in [-0.3, -0.25) is 4.79 Å². The first-order valence-electron chi connectivity index (χ1n) is 6.25. The highest BCUT2D eigenvalue weighted by atomic mass is 16.5. The monoisotopic (exact) mass is 267 g/mol. The average Bonchev–Trinajstić information content (AvgIpc) is 2.38. The molecule has 0 radical (unpaired) electrons. The summed E-state index contributed by atoms with van der Waals surface area (Å²) in [6.07, 6.45) is 0.126. The Morgan fingerprint density at radius 3 is 2.84 bits per heavy atom. The Morgan fingerprint density at radius 2 is 2.21 bits per heavy atom. The van der Waals surface area contributed by atoms with Crippen LogP contribution in [0, 0.1) is 0 Å². The van der Waals surface area contributed by atoms with Gasteiger partial charge in [-0.2, -0.15) is 0 Å². The number of aliphatic carboxylic acids is 1. The molecule has 0 aromatic heterocycles. The summed E-state index contributed by atoms with van der Waals surface area (Å²) in [6.45, 7) is 1.11. The van der Waals surface area contributed by atoms with Gasteiger partial charge in [0, 0.05) is 13.0 Å². The maximum Gasteiger partial charge on any atom is 0.303 e. The number of aliphatic hydroxyl groups is 1. The molecule has 0 aliphatic rings. The van der Waals surface area contributed by atoms with E-state index in [1.165, 1.54) is 0 Å². The minimum absolute atomic E-state index is 0.152. The van der Waals surface area contributed by atoms with Crippen LogP contribution in [0.25, 0.3) is 0 Å². The summed E-state index contributed by atoms with van der Waals surface area (Å²) in [4.78, 5) is 12.3. The van der Waals surface area contributed by atoms with Gasteiger partial charge in [-0.15, -0.1) is 0 Å². The molecule has 1 rings (SSSR count). The number of methoxy groups -OCH3 is 1. The van der Waals surface area contributed by atoms with Gasteiger partial charge in [-0.05, 0) is 37.7 Å². The predicted molar refractivity (Wildman–Crippen MR) is 72.3 cm³/mol. The Balaban J connectivity index is 2.44. The van der Waals surface area contributed by atoms with Crippen LogP contribution in [0.2, 0.25) is 0 Å². The van der Waals surface area contributed by atoms with Crippen LogP contribution in [0.15, 0.2) is 24.3 Å². The first-order chi connectivity index (χ1) is 9.02. The second kappa shape index (κ2) is 7.76. The van der Waals surface area contributed by atoms with Gasteiger partial charge < -0.3 is 19.8 Å². The van der Waals surface area contributed by atoms with Crippen LogP contribution in [0.5, 0.6) is 5.75 Å². The maximum atomic E-state index is 10.4. The molecule has 5 nitrogen and oxygen atoms in total.